The molecule has 0 amide bonds. The van der Waals surface area contributed by atoms with Crippen LogP contribution in [0.3, 0.4) is 0 Å². The molecule has 18 heavy (non-hydrogen) atoms. The molecule has 0 fully saturated rings. The first-order valence-electron chi connectivity index (χ1n) is 5.58. The van der Waals surface area contributed by atoms with E-state index >= 15 is 0 Å². The van der Waals surface area contributed by atoms with E-state index in [9.17, 15) is 0 Å². The number of aryl methyl sites for hydroxylation is 1. The molecule has 4 nitrogen and oxygen atoms in total. The Morgan fingerprint density at radius 3 is 2.72 bits per heavy atom. The number of likely N-dealkylation sites (N-methyl/N-ethyl adjacent to an activating group) is 1. The maximum Gasteiger partial charge on any atom is 0.153 e. The monoisotopic (exact) mass is 372 g/mol. The van der Waals surface area contributed by atoms with Gasteiger partial charge in [0.25, 0.3) is 0 Å². The summed E-state index contributed by atoms with van der Waals surface area (Å²) >= 11 is 6.93. The molecular formula is C12H14Br2N4. The number of hydrogen-bond acceptors (Lipinski definition) is 3. The Morgan fingerprint density at radius 1 is 1.39 bits per heavy atom. The van der Waals surface area contributed by atoms with Gasteiger partial charge in [0.2, 0.25) is 0 Å². The number of aromatic nitrogens is 3. The lowest BCUT2D eigenvalue weighted by Crippen LogP contribution is -2.22. The van der Waals surface area contributed by atoms with E-state index in [4.69, 9.17) is 0 Å². The van der Waals surface area contributed by atoms with Gasteiger partial charge in [0, 0.05) is 11.5 Å². The maximum atomic E-state index is 4.02. The summed E-state index contributed by atoms with van der Waals surface area (Å²) < 4.78 is 3.68. The van der Waals surface area contributed by atoms with Crippen LogP contribution < -0.4 is 5.32 Å². The third-order valence-corrected chi connectivity index (χ3v) is 3.89. The van der Waals surface area contributed by atoms with Gasteiger partial charge in [-0.25, -0.2) is 4.68 Å². The molecule has 2 aromatic rings. The third-order valence-electron chi connectivity index (χ3n) is 2.83. The highest BCUT2D eigenvalue weighted by Crippen LogP contribution is 2.24. The first-order chi connectivity index (χ1) is 8.61. The number of halogens is 2. The second-order valence-corrected chi connectivity index (χ2v) is 5.73. The molecule has 0 saturated carbocycles. The molecule has 0 saturated heterocycles. The maximum absolute atomic E-state index is 4.02. The van der Waals surface area contributed by atoms with Crippen LogP contribution >= 0.6 is 31.9 Å². The summed E-state index contributed by atoms with van der Waals surface area (Å²) in [6.45, 7) is 0. The molecule has 96 valence electrons. The number of benzene rings is 1. The van der Waals surface area contributed by atoms with Crippen molar-refractivity contribution in [3.8, 4) is 0 Å². The van der Waals surface area contributed by atoms with Crippen molar-refractivity contribution in [1.29, 1.82) is 0 Å². The molecule has 0 radical (unpaired) electrons. The van der Waals surface area contributed by atoms with Gasteiger partial charge in [0.1, 0.15) is 0 Å². The van der Waals surface area contributed by atoms with Crippen molar-refractivity contribution in [3.63, 3.8) is 0 Å². The van der Waals surface area contributed by atoms with Gasteiger partial charge < -0.3 is 5.32 Å². The second kappa shape index (κ2) is 5.95. The van der Waals surface area contributed by atoms with Crippen LogP contribution in [0.5, 0.6) is 0 Å². The van der Waals surface area contributed by atoms with Gasteiger partial charge in [0.15, 0.2) is 4.60 Å². The molecule has 0 aliphatic heterocycles. The van der Waals surface area contributed by atoms with Gasteiger partial charge in [-0.3, -0.25) is 0 Å². The van der Waals surface area contributed by atoms with Crippen molar-refractivity contribution in [2.45, 2.75) is 12.5 Å². The van der Waals surface area contributed by atoms with Gasteiger partial charge >= 0.3 is 0 Å². The molecule has 1 heterocycles. The predicted octanol–water partition coefficient (Wildman–Crippen LogP) is 2.84. The zero-order valence-corrected chi connectivity index (χ0v) is 13.4. The van der Waals surface area contributed by atoms with Crippen molar-refractivity contribution in [2.75, 3.05) is 7.05 Å². The molecule has 0 aliphatic carbocycles. The van der Waals surface area contributed by atoms with E-state index in [0.717, 1.165) is 21.2 Å². The Labute approximate surface area is 123 Å². The van der Waals surface area contributed by atoms with Crippen molar-refractivity contribution in [1.82, 2.24) is 20.3 Å². The lowest BCUT2D eigenvalue weighted by molar-refractivity contribution is 0.533. The molecule has 1 atom stereocenters. The van der Waals surface area contributed by atoms with Gasteiger partial charge in [0.05, 0.1) is 11.7 Å². The summed E-state index contributed by atoms with van der Waals surface area (Å²) in [5.41, 5.74) is 2.31. The van der Waals surface area contributed by atoms with Crippen LogP contribution in [0, 0.1) is 0 Å². The highest BCUT2D eigenvalue weighted by atomic mass is 79.9. The van der Waals surface area contributed by atoms with Crippen LogP contribution in [-0.2, 0) is 13.5 Å². The van der Waals surface area contributed by atoms with Crippen LogP contribution in [0.1, 0.15) is 17.3 Å². The highest BCUT2D eigenvalue weighted by Gasteiger charge is 2.18. The average molecular weight is 374 g/mol. The normalized spacial score (nSPS) is 12.7. The van der Waals surface area contributed by atoms with E-state index in [-0.39, 0.29) is 6.04 Å². The van der Waals surface area contributed by atoms with Crippen molar-refractivity contribution < 1.29 is 0 Å². The van der Waals surface area contributed by atoms with E-state index in [1.165, 1.54) is 5.56 Å². The topological polar surface area (TPSA) is 42.7 Å². The van der Waals surface area contributed by atoms with Crippen LogP contribution in [0.25, 0.3) is 0 Å². The average Bonchev–Trinajstić information content (AvgIpc) is 2.67. The third kappa shape index (κ3) is 2.99. The molecule has 0 spiro atoms. The van der Waals surface area contributed by atoms with E-state index in [1.54, 1.807) is 4.68 Å². The predicted molar refractivity (Wildman–Crippen MR) is 78.3 cm³/mol. The number of nitrogens with one attached hydrogen (secondary N) is 1. The van der Waals surface area contributed by atoms with Crippen molar-refractivity contribution in [3.05, 3.63) is 44.6 Å². The minimum atomic E-state index is 0.175. The van der Waals surface area contributed by atoms with Gasteiger partial charge in [-0.05, 0) is 47.1 Å². The number of rotatable bonds is 4. The first-order valence-corrected chi connectivity index (χ1v) is 7.17. The van der Waals surface area contributed by atoms with Crippen LogP contribution in [0.4, 0.5) is 0 Å². The fourth-order valence-corrected chi connectivity index (χ4v) is 2.99. The minimum Gasteiger partial charge on any atom is -0.311 e. The van der Waals surface area contributed by atoms with Crippen molar-refractivity contribution in [2.24, 2.45) is 7.05 Å². The Bertz CT molecular complexity index is 519. The largest absolute Gasteiger partial charge is 0.311 e. The highest BCUT2D eigenvalue weighted by molar-refractivity contribution is 9.10. The van der Waals surface area contributed by atoms with Gasteiger partial charge in [-0.2, -0.15) is 0 Å². The molecule has 1 unspecified atom stereocenters. The van der Waals surface area contributed by atoms with Crippen LogP contribution in [0.2, 0.25) is 0 Å². The fourth-order valence-electron chi connectivity index (χ4n) is 1.94. The lowest BCUT2D eigenvalue weighted by atomic mass is 10.0. The summed E-state index contributed by atoms with van der Waals surface area (Å²) in [6, 6.07) is 8.49. The van der Waals surface area contributed by atoms with E-state index in [2.05, 4.69) is 59.6 Å². The van der Waals surface area contributed by atoms with Crippen molar-refractivity contribution >= 4 is 31.9 Å². The molecule has 0 aliphatic rings. The first kappa shape index (κ1) is 13.7. The Hall–Kier alpha value is -0.720. The molecule has 1 aromatic heterocycles. The molecule has 1 aromatic carbocycles. The van der Waals surface area contributed by atoms with Gasteiger partial charge in [-0.1, -0.05) is 33.3 Å². The quantitative estimate of drug-likeness (QED) is 0.895. The Kier molecular flexibility index (Phi) is 4.53. The van der Waals surface area contributed by atoms with Crippen LogP contribution in [0.15, 0.2) is 33.3 Å². The van der Waals surface area contributed by atoms with Crippen LogP contribution in [-0.4, -0.2) is 22.0 Å². The zero-order valence-electron chi connectivity index (χ0n) is 10.2. The fraction of sp³-hybridized carbons (Fsp3) is 0.333. The minimum absolute atomic E-state index is 0.175. The van der Waals surface area contributed by atoms with E-state index < -0.39 is 0 Å². The molecule has 1 N–H and O–H groups in total. The SMILES string of the molecule is CNC(Cc1cccc(Br)c1)c1c(Br)nnn1C. The summed E-state index contributed by atoms with van der Waals surface area (Å²) in [7, 11) is 3.85. The Morgan fingerprint density at radius 2 is 2.17 bits per heavy atom. The summed E-state index contributed by atoms with van der Waals surface area (Å²) in [5, 5.41) is 11.3. The summed E-state index contributed by atoms with van der Waals surface area (Å²) in [6.07, 6.45) is 0.885. The second-order valence-electron chi connectivity index (χ2n) is 4.06. The smallest absolute Gasteiger partial charge is 0.153 e. The lowest BCUT2D eigenvalue weighted by Gasteiger charge is -2.16. The molecule has 6 heteroatoms. The summed E-state index contributed by atoms with van der Waals surface area (Å²) in [4.78, 5) is 0. The zero-order chi connectivity index (χ0) is 13.1. The van der Waals surface area contributed by atoms with Gasteiger partial charge in [-0.15, -0.1) is 5.10 Å². The van der Waals surface area contributed by atoms with E-state index in [1.807, 2.05) is 26.2 Å². The standard InChI is InChI=1S/C12H14Br2N4/c1-15-10(11-12(14)16-17-18(11)2)7-8-4-3-5-9(13)6-8/h3-6,10,15H,7H2,1-2H3. The summed E-state index contributed by atoms with van der Waals surface area (Å²) in [5.74, 6) is 0. The van der Waals surface area contributed by atoms with E-state index in [0.29, 0.717) is 0 Å². The number of nitrogens with zero attached hydrogens (tertiary/aromatic N) is 3. The Balaban J connectivity index is 2.25. The molecule has 0 bridgehead atoms. The molecule has 2 rings (SSSR count). The molecular weight excluding hydrogens is 360 g/mol. The number of hydrogen-bond donors (Lipinski definition) is 1.